The van der Waals surface area contributed by atoms with Crippen molar-refractivity contribution in [3.05, 3.63) is 35.7 Å². The molecule has 0 aromatic heterocycles. The Bertz CT molecular complexity index is 156. The second-order valence-corrected chi connectivity index (χ2v) is 1.79. The quantitative estimate of drug-likeness (QED) is 0.525. The molecule has 0 saturated heterocycles. The molecule has 0 heterocycles. The first kappa shape index (κ1) is 8.44. The molecule has 50 valence electrons. The Labute approximate surface area is 59.3 Å². The van der Waals surface area contributed by atoms with Crippen molar-refractivity contribution in [2.75, 3.05) is 0 Å². The zero-order chi connectivity index (χ0) is 7.28. The van der Waals surface area contributed by atoms with E-state index in [1.54, 1.807) is 6.92 Å². The van der Waals surface area contributed by atoms with Crippen LogP contribution in [-0.2, 0) is 0 Å². The summed E-state index contributed by atoms with van der Waals surface area (Å²) in [6.45, 7) is 4.94. The summed E-state index contributed by atoms with van der Waals surface area (Å²) < 4.78 is 12.3. The molecule has 0 atom stereocenters. The second kappa shape index (κ2) is 4.33. The Morgan fingerprint density at radius 3 is 2.56 bits per heavy atom. The fraction of sp³-hybridized carbons (Fsp3) is 0.143. The van der Waals surface area contributed by atoms with E-state index in [0.29, 0.717) is 0 Å². The summed E-state index contributed by atoms with van der Waals surface area (Å²) in [6, 6.07) is 0. The molecule has 0 spiro atoms. The predicted molar refractivity (Wildman–Crippen MR) is 39.0 cm³/mol. The van der Waals surface area contributed by atoms with E-state index in [0.717, 1.165) is 0 Å². The molecule has 0 radical (unpaired) electrons. The minimum atomic E-state index is -0.420. The van der Waals surface area contributed by atoms with Gasteiger partial charge in [0.2, 0.25) is 0 Å². The maximum Gasteiger partial charge on any atom is 0.137 e. The molecule has 0 aromatic carbocycles. The van der Waals surface area contributed by atoms with Crippen molar-refractivity contribution in [1.82, 2.24) is 0 Å². The van der Waals surface area contributed by atoms with Crippen LogP contribution in [0.2, 0.25) is 0 Å². The van der Waals surface area contributed by atoms with Gasteiger partial charge >= 0.3 is 0 Å². The van der Waals surface area contributed by atoms with Crippen molar-refractivity contribution in [2.45, 2.75) is 6.92 Å². The molecule has 0 saturated carbocycles. The Morgan fingerprint density at radius 2 is 2.22 bits per heavy atom. The van der Waals surface area contributed by atoms with Crippen molar-refractivity contribution in [3.8, 4) is 0 Å². The van der Waals surface area contributed by atoms with Crippen LogP contribution in [-0.4, -0.2) is 0 Å². The van der Waals surface area contributed by atoms with E-state index in [1.807, 2.05) is 0 Å². The van der Waals surface area contributed by atoms with Crippen LogP contribution in [0, 0.1) is 0 Å². The van der Waals surface area contributed by atoms with Gasteiger partial charge in [-0.25, -0.2) is 4.39 Å². The van der Waals surface area contributed by atoms with Gasteiger partial charge in [-0.2, -0.15) is 0 Å². The van der Waals surface area contributed by atoms with Crippen LogP contribution in [0.3, 0.4) is 0 Å². The summed E-state index contributed by atoms with van der Waals surface area (Å²) >= 11 is 5.38. The molecule has 0 unspecified atom stereocenters. The minimum absolute atomic E-state index is 0.0903. The van der Waals surface area contributed by atoms with Gasteiger partial charge in [0.05, 0.1) is 5.03 Å². The lowest BCUT2D eigenvalue weighted by Gasteiger charge is -1.88. The van der Waals surface area contributed by atoms with Crippen LogP contribution in [0.1, 0.15) is 6.92 Å². The van der Waals surface area contributed by atoms with Crippen LogP contribution in [0.15, 0.2) is 35.7 Å². The van der Waals surface area contributed by atoms with E-state index in [9.17, 15) is 4.39 Å². The van der Waals surface area contributed by atoms with Gasteiger partial charge in [-0.05, 0) is 13.0 Å². The highest BCUT2D eigenvalue weighted by atomic mass is 35.5. The van der Waals surface area contributed by atoms with Crippen LogP contribution >= 0.6 is 11.6 Å². The van der Waals surface area contributed by atoms with Crippen LogP contribution < -0.4 is 0 Å². The fourth-order valence-corrected chi connectivity index (χ4v) is 0.519. The number of allylic oxidation sites excluding steroid dienone is 5. The number of hydrogen-bond acceptors (Lipinski definition) is 0. The second-order valence-electron chi connectivity index (χ2n) is 1.39. The molecule has 0 rings (SSSR count). The summed E-state index contributed by atoms with van der Waals surface area (Å²) in [5.41, 5.74) is 0. The molecule has 0 bridgehead atoms. The number of hydrogen-bond donors (Lipinski definition) is 0. The third kappa shape index (κ3) is 3.09. The van der Waals surface area contributed by atoms with Gasteiger partial charge in [0.25, 0.3) is 0 Å². The van der Waals surface area contributed by atoms with E-state index >= 15 is 0 Å². The monoisotopic (exact) mass is 146 g/mol. The average Bonchev–Trinajstić information content (AvgIpc) is 1.87. The highest BCUT2D eigenvalue weighted by Crippen LogP contribution is 2.14. The van der Waals surface area contributed by atoms with Crippen molar-refractivity contribution in [2.24, 2.45) is 0 Å². The Kier molecular flexibility index (Phi) is 4.06. The molecule has 0 aliphatic carbocycles. The fourth-order valence-electron chi connectivity index (χ4n) is 0.321. The summed E-state index contributed by atoms with van der Waals surface area (Å²) in [5.74, 6) is -0.420. The molecular formula is C7H8ClF. The van der Waals surface area contributed by atoms with E-state index < -0.39 is 5.83 Å². The molecule has 0 aromatic rings. The van der Waals surface area contributed by atoms with E-state index in [2.05, 4.69) is 6.58 Å². The van der Waals surface area contributed by atoms with Gasteiger partial charge in [0.15, 0.2) is 0 Å². The number of halogens is 2. The molecule has 0 amide bonds. The average molecular weight is 147 g/mol. The maximum atomic E-state index is 12.3. The SMILES string of the molecule is C=C/C=C(Cl)\C(F)=C/C. The van der Waals surface area contributed by atoms with E-state index in [1.165, 1.54) is 18.2 Å². The Morgan fingerprint density at radius 1 is 1.67 bits per heavy atom. The molecule has 0 fully saturated rings. The van der Waals surface area contributed by atoms with E-state index in [4.69, 9.17) is 11.6 Å². The van der Waals surface area contributed by atoms with Gasteiger partial charge in [-0.3, -0.25) is 0 Å². The maximum absolute atomic E-state index is 12.3. The Balaban J connectivity index is 4.19. The molecule has 0 N–H and O–H groups in total. The molecular weight excluding hydrogens is 139 g/mol. The minimum Gasteiger partial charge on any atom is -0.206 e. The predicted octanol–water partition coefficient (Wildman–Crippen LogP) is 3.17. The molecule has 0 aliphatic heterocycles. The van der Waals surface area contributed by atoms with Gasteiger partial charge in [0.1, 0.15) is 5.83 Å². The zero-order valence-corrected chi connectivity index (χ0v) is 5.95. The van der Waals surface area contributed by atoms with Crippen molar-refractivity contribution < 1.29 is 4.39 Å². The van der Waals surface area contributed by atoms with Crippen LogP contribution in [0.25, 0.3) is 0 Å². The normalized spacial score (nSPS) is 13.7. The standard InChI is InChI=1S/C7H8ClF/c1-3-5-6(8)7(9)4-2/h3-5H,1H2,2H3/b6-5+,7-4+. The zero-order valence-electron chi connectivity index (χ0n) is 5.20. The smallest absolute Gasteiger partial charge is 0.137 e. The van der Waals surface area contributed by atoms with Crippen LogP contribution in [0.4, 0.5) is 4.39 Å². The lowest BCUT2D eigenvalue weighted by atomic mass is 10.4. The third-order valence-corrected chi connectivity index (χ3v) is 1.05. The van der Waals surface area contributed by atoms with Gasteiger partial charge < -0.3 is 0 Å². The largest absolute Gasteiger partial charge is 0.206 e. The first-order chi connectivity index (χ1) is 4.22. The van der Waals surface area contributed by atoms with Gasteiger partial charge in [-0.1, -0.05) is 30.3 Å². The Hall–Kier alpha value is -0.560. The lowest BCUT2D eigenvalue weighted by Crippen LogP contribution is -1.69. The van der Waals surface area contributed by atoms with Crippen molar-refractivity contribution in [1.29, 1.82) is 0 Å². The highest BCUT2D eigenvalue weighted by molar-refractivity contribution is 6.31. The highest BCUT2D eigenvalue weighted by Gasteiger charge is 1.94. The summed E-state index contributed by atoms with van der Waals surface area (Å²) in [7, 11) is 0. The molecule has 0 nitrogen and oxygen atoms in total. The lowest BCUT2D eigenvalue weighted by molar-refractivity contribution is 0.660. The molecule has 9 heavy (non-hydrogen) atoms. The first-order valence-electron chi connectivity index (χ1n) is 2.52. The summed E-state index contributed by atoms with van der Waals surface area (Å²) in [5, 5.41) is 0.0903. The third-order valence-electron chi connectivity index (χ3n) is 0.746. The van der Waals surface area contributed by atoms with Gasteiger partial charge in [0, 0.05) is 0 Å². The van der Waals surface area contributed by atoms with Crippen molar-refractivity contribution >= 4 is 11.6 Å². The topological polar surface area (TPSA) is 0 Å². The number of rotatable bonds is 2. The summed E-state index contributed by atoms with van der Waals surface area (Å²) in [6.07, 6.45) is 4.13. The van der Waals surface area contributed by atoms with Crippen LogP contribution in [0.5, 0.6) is 0 Å². The first-order valence-corrected chi connectivity index (χ1v) is 2.90. The molecule has 2 heteroatoms. The summed E-state index contributed by atoms with van der Waals surface area (Å²) in [4.78, 5) is 0. The van der Waals surface area contributed by atoms with E-state index in [-0.39, 0.29) is 5.03 Å². The van der Waals surface area contributed by atoms with Gasteiger partial charge in [-0.15, -0.1) is 0 Å². The van der Waals surface area contributed by atoms with Crippen molar-refractivity contribution in [3.63, 3.8) is 0 Å². The molecule has 0 aliphatic rings.